The molecule has 0 aliphatic heterocycles. The minimum absolute atomic E-state index is 0.0689. The molecule has 4 N–H and O–H groups in total. The van der Waals surface area contributed by atoms with Crippen LogP contribution in [0.2, 0.25) is 0 Å². The zero-order valence-electron chi connectivity index (χ0n) is 19.2. The number of aryl methyl sites for hydroxylation is 1. The van der Waals surface area contributed by atoms with Gasteiger partial charge in [-0.15, -0.1) is 0 Å². The largest absolute Gasteiger partial charge is 0.489 e. The van der Waals surface area contributed by atoms with Crippen molar-refractivity contribution in [1.82, 2.24) is 4.98 Å². The summed E-state index contributed by atoms with van der Waals surface area (Å²) in [6, 6.07) is 16.6. The Balaban J connectivity index is 1.74. The highest BCUT2D eigenvalue weighted by atomic mass is 19.1. The summed E-state index contributed by atoms with van der Waals surface area (Å²) in [5, 5.41) is 9.45. The van der Waals surface area contributed by atoms with Crippen LogP contribution in [0.1, 0.15) is 30.7 Å². The van der Waals surface area contributed by atoms with Crippen molar-refractivity contribution < 1.29 is 13.9 Å². The van der Waals surface area contributed by atoms with Gasteiger partial charge >= 0.3 is 0 Å². The maximum atomic E-state index is 14.1. The molecule has 0 radical (unpaired) electrons. The Hall–Kier alpha value is -4.38. The first-order valence-electron chi connectivity index (χ1n) is 10.6. The van der Waals surface area contributed by atoms with Crippen LogP contribution in [0.25, 0.3) is 5.70 Å². The van der Waals surface area contributed by atoms with Crippen molar-refractivity contribution in [2.24, 2.45) is 16.5 Å². The van der Waals surface area contributed by atoms with Crippen LogP contribution in [0.15, 0.2) is 71.4 Å². The molecule has 174 valence electrons. The number of nitrogens with zero attached hydrogens (tertiary/aromatic N) is 3. The van der Waals surface area contributed by atoms with Crippen LogP contribution in [0.5, 0.6) is 17.2 Å². The zero-order chi connectivity index (χ0) is 24.7. The van der Waals surface area contributed by atoms with E-state index in [4.69, 9.17) is 20.9 Å². The second kappa shape index (κ2) is 11.0. The molecule has 0 unspecified atom stereocenters. The fourth-order valence-electron chi connectivity index (χ4n) is 3.01. The second-order valence-corrected chi connectivity index (χ2v) is 7.85. The van der Waals surface area contributed by atoms with Crippen molar-refractivity contribution in [3.8, 4) is 23.3 Å². The van der Waals surface area contributed by atoms with Crippen LogP contribution < -0.4 is 20.9 Å². The van der Waals surface area contributed by atoms with Gasteiger partial charge in [0.15, 0.2) is 0 Å². The molecule has 0 saturated heterocycles. The highest BCUT2D eigenvalue weighted by Crippen LogP contribution is 2.28. The standard InChI is InChI=1S/C26H26FN5O2/c1-16(2)32-26(30)24(13-28)25(29)19-6-8-21(9-7-19)34-23-11-20(27)10-22(12-23)33-15-18-5-4-17(3)31-14-18/h4-12,14,16H,15,29H2,1-3H3,(H2,30,32)/b25-24-. The van der Waals surface area contributed by atoms with Crippen LogP contribution in [0.4, 0.5) is 4.39 Å². The second-order valence-electron chi connectivity index (χ2n) is 7.85. The summed E-state index contributed by atoms with van der Waals surface area (Å²) in [5.41, 5.74) is 14.7. The van der Waals surface area contributed by atoms with Crippen molar-refractivity contribution >= 4 is 11.5 Å². The number of nitrogens with two attached hydrogens (primary N) is 2. The van der Waals surface area contributed by atoms with E-state index in [0.29, 0.717) is 17.1 Å². The molecule has 0 spiro atoms. The quantitative estimate of drug-likeness (QED) is 0.282. The van der Waals surface area contributed by atoms with E-state index in [1.807, 2.05) is 39.0 Å². The van der Waals surface area contributed by atoms with E-state index in [2.05, 4.69) is 9.98 Å². The summed E-state index contributed by atoms with van der Waals surface area (Å²) in [6.45, 7) is 5.86. The van der Waals surface area contributed by atoms with Crippen molar-refractivity contribution in [3.05, 3.63) is 89.0 Å². The maximum absolute atomic E-state index is 14.1. The van der Waals surface area contributed by atoms with E-state index in [1.54, 1.807) is 36.5 Å². The van der Waals surface area contributed by atoms with E-state index in [1.165, 1.54) is 12.1 Å². The fraction of sp³-hybridized carbons (Fsp3) is 0.192. The first kappa shape index (κ1) is 24.3. The third-order valence-electron chi connectivity index (χ3n) is 4.66. The predicted octanol–water partition coefficient (Wildman–Crippen LogP) is 4.86. The highest BCUT2D eigenvalue weighted by Gasteiger charge is 2.11. The summed E-state index contributed by atoms with van der Waals surface area (Å²) >= 11 is 0. The predicted molar refractivity (Wildman–Crippen MR) is 130 cm³/mol. The summed E-state index contributed by atoms with van der Waals surface area (Å²) in [5.74, 6) is 0.663. The third kappa shape index (κ3) is 6.56. The topological polar surface area (TPSA) is 120 Å². The molecule has 3 rings (SSSR count). The van der Waals surface area contributed by atoms with Crippen molar-refractivity contribution in [1.29, 1.82) is 5.26 Å². The number of nitriles is 1. The van der Waals surface area contributed by atoms with Gasteiger partial charge in [0.2, 0.25) is 0 Å². The molecule has 3 aromatic rings. The molecule has 0 atom stereocenters. The number of rotatable bonds is 8. The molecule has 34 heavy (non-hydrogen) atoms. The normalized spacial score (nSPS) is 12.2. The van der Waals surface area contributed by atoms with E-state index < -0.39 is 5.82 Å². The van der Waals surface area contributed by atoms with Gasteiger partial charge in [0.05, 0.1) is 5.70 Å². The summed E-state index contributed by atoms with van der Waals surface area (Å²) in [4.78, 5) is 8.40. The average Bonchev–Trinajstić information content (AvgIpc) is 2.79. The lowest BCUT2D eigenvalue weighted by Gasteiger charge is -2.11. The molecule has 0 saturated carbocycles. The molecule has 2 aromatic carbocycles. The molecule has 1 aromatic heterocycles. The Morgan fingerprint density at radius 3 is 2.38 bits per heavy atom. The Kier molecular flexibility index (Phi) is 7.83. The first-order valence-corrected chi connectivity index (χ1v) is 10.6. The molecule has 8 heteroatoms. The van der Waals surface area contributed by atoms with Crippen LogP contribution in [-0.2, 0) is 6.61 Å². The van der Waals surface area contributed by atoms with Gasteiger partial charge in [-0.2, -0.15) is 5.26 Å². The molecular formula is C26H26FN5O2. The Labute approximate surface area is 198 Å². The number of ether oxygens (including phenoxy) is 2. The maximum Gasteiger partial charge on any atom is 0.138 e. The monoisotopic (exact) mass is 459 g/mol. The summed E-state index contributed by atoms with van der Waals surface area (Å²) < 4.78 is 25.6. The van der Waals surface area contributed by atoms with E-state index >= 15 is 0 Å². The number of aliphatic imine (C=N–C) groups is 1. The van der Waals surface area contributed by atoms with Gasteiger partial charge < -0.3 is 20.9 Å². The Morgan fingerprint density at radius 2 is 1.76 bits per heavy atom. The van der Waals surface area contributed by atoms with E-state index in [9.17, 15) is 9.65 Å². The lowest BCUT2D eigenvalue weighted by atomic mass is 10.1. The number of amidine groups is 1. The lowest BCUT2D eigenvalue weighted by Crippen LogP contribution is -2.19. The van der Waals surface area contributed by atoms with Gasteiger partial charge in [-0.05, 0) is 56.7 Å². The van der Waals surface area contributed by atoms with Crippen LogP contribution in [0, 0.1) is 24.1 Å². The number of benzene rings is 2. The van der Waals surface area contributed by atoms with Crippen LogP contribution in [-0.4, -0.2) is 16.9 Å². The molecule has 0 aliphatic carbocycles. The van der Waals surface area contributed by atoms with Gasteiger partial charge in [-0.25, -0.2) is 4.39 Å². The Morgan fingerprint density at radius 1 is 1.06 bits per heavy atom. The summed E-state index contributed by atoms with van der Waals surface area (Å²) in [6.07, 6.45) is 1.72. The molecule has 0 fully saturated rings. The minimum Gasteiger partial charge on any atom is -0.489 e. The SMILES string of the molecule is Cc1ccc(COc2cc(F)cc(Oc3ccc(/C(N)=C(\C#N)C(N)=NC(C)C)cc3)c2)cn1. The van der Waals surface area contributed by atoms with E-state index in [0.717, 1.165) is 11.3 Å². The minimum atomic E-state index is -0.489. The Bertz CT molecular complexity index is 1240. The molecule has 7 nitrogen and oxygen atoms in total. The average molecular weight is 460 g/mol. The van der Waals surface area contributed by atoms with Crippen molar-refractivity contribution in [3.63, 3.8) is 0 Å². The number of aromatic nitrogens is 1. The summed E-state index contributed by atoms with van der Waals surface area (Å²) in [7, 11) is 0. The van der Waals surface area contributed by atoms with Crippen molar-refractivity contribution in [2.45, 2.75) is 33.4 Å². The smallest absolute Gasteiger partial charge is 0.138 e. The molecule has 0 aliphatic rings. The highest BCUT2D eigenvalue weighted by molar-refractivity contribution is 6.07. The van der Waals surface area contributed by atoms with Crippen LogP contribution in [0.3, 0.4) is 0 Å². The van der Waals surface area contributed by atoms with Gasteiger partial charge in [0.1, 0.15) is 47.2 Å². The molecule has 1 heterocycles. The third-order valence-corrected chi connectivity index (χ3v) is 4.66. The molecular weight excluding hydrogens is 433 g/mol. The van der Waals surface area contributed by atoms with Crippen molar-refractivity contribution in [2.75, 3.05) is 0 Å². The van der Waals surface area contributed by atoms with Gasteiger partial charge in [0, 0.05) is 41.7 Å². The first-order chi connectivity index (χ1) is 16.2. The number of hydrogen-bond acceptors (Lipinski definition) is 6. The van der Waals surface area contributed by atoms with Gasteiger partial charge in [-0.1, -0.05) is 6.07 Å². The number of halogens is 1. The molecule has 0 amide bonds. The van der Waals surface area contributed by atoms with E-state index in [-0.39, 0.29) is 35.5 Å². The number of pyridine rings is 1. The molecule has 0 bridgehead atoms. The van der Waals surface area contributed by atoms with Crippen LogP contribution >= 0.6 is 0 Å². The number of hydrogen-bond donors (Lipinski definition) is 2. The van der Waals surface area contributed by atoms with Gasteiger partial charge in [0.25, 0.3) is 0 Å². The zero-order valence-corrected chi connectivity index (χ0v) is 19.2. The fourth-order valence-corrected chi connectivity index (χ4v) is 3.01. The van der Waals surface area contributed by atoms with Gasteiger partial charge in [-0.3, -0.25) is 9.98 Å². The lowest BCUT2D eigenvalue weighted by molar-refractivity contribution is 0.302.